The van der Waals surface area contributed by atoms with Crippen molar-refractivity contribution in [2.24, 2.45) is 0 Å². The Balaban J connectivity index is 2.11. The average Bonchev–Trinajstić information content (AvgIpc) is 2.98. The van der Waals surface area contributed by atoms with E-state index in [0.29, 0.717) is 5.69 Å². The van der Waals surface area contributed by atoms with Crippen LogP contribution in [0, 0.1) is 0 Å². The number of amides is 1. The van der Waals surface area contributed by atoms with Crippen molar-refractivity contribution < 1.29 is 23.1 Å². The molecule has 1 atom stereocenters. The number of sulfone groups is 1. The van der Waals surface area contributed by atoms with Crippen molar-refractivity contribution in [2.75, 3.05) is 6.26 Å². The zero-order valence-electron chi connectivity index (χ0n) is 12.2. The Labute approximate surface area is 132 Å². The highest BCUT2D eigenvalue weighted by Crippen LogP contribution is 2.11. The number of hydrogen-bond donors (Lipinski definition) is 3. The van der Waals surface area contributed by atoms with Gasteiger partial charge in [0.25, 0.3) is 5.91 Å². The zero-order valence-corrected chi connectivity index (χ0v) is 13.0. The van der Waals surface area contributed by atoms with Crippen molar-refractivity contribution in [1.29, 1.82) is 0 Å². The van der Waals surface area contributed by atoms with Gasteiger partial charge in [-0.05, 0) is 24.3 Å². The predicted octanol–water partition coefficient (Wildman–Crippen LogP) is 0.239. The third-order valence-electron chi connectivity index (χ3n) is 3.13. The molecule has 1 amide bonds. The lowest BCUT2D eigenvalue weighted by Crippen LogP contribution is -2.42. The van der Waals surface area contributed by atoms with Gasteiger partial charge in [0.2, 0.25) is 0 Å². The Bertz CT molecular complexity index is 797. The summed E-state index contributed by atoms with van der Waals surface area (Å²) in [6.07, 6.45) is 4.01. The molecule has 2 rings (SSSR count). The van der Waals surface area contributed by atoms with Crippen LogP contribution in [-0.4, -0.2) is 47.7 Å². The minimum atomic E-state index is -3.35. The molecule has 0 aliphatic rings. The van der Waals surface area contributed by atoms with Crippen LogP contribution in [0.3, 0.4) is 0 Å². The van der Waals surface area contributed by atoms with Gasteiger partial charge in [0, 0.05) is 30.1 Å². The fraction of sp³-hybridized carbons (Fsp3) is 0.214. The first-order valence-corrected chi connectivity index (χ1v) is 8.47. The number of carboxylic acid groups (broad SMARTS) is 1. The van der Waals surface area contributed by atoms with Gasteiger partial charge in [0.15, 0.2) is 9.84 Å². The molecule has 8 nitrogen and oxygen atoms in total. The highest BCUT2D eigenvalue weighted by atomic mass is 32.2. The minimum Gasteiger partial charge on any atom is -0.480 e. The maximum atomic E-state index is 12.1. The first kappa shape index (κ1) is 16.7. The van der Waals surface area contributed by atoms with Gasteiger partial charge in [-0.2, -0.15) is 0 Å². The SMILES string of the molecule is CS(=O)(=O)c1ccc(C(=O)NC(Cc2cnc[nH]2)C(=O)O)cc1. The standard InChI is InChI=1S/C14H15N3O5S/c1-23(21,22)11-4-2-9(3-5-11)13(18)17-12(14(19)20)6-10-7-15-8-16-10/h2-5,7-8,12H,6H2,1H3,(H,15,16)(H,17,18)(H,19,20). The molecule has 9 heteroatoms. The Morgan fingerprint density at radius 1 is 1.30 bits per heavy atom. The number of carbonyl (C=O) groups is 2. The van der Waals surface area contributed by atoms with Crippen LogP contribution in [0.25, 0.3) is 0 Å². The summed E-state index contributed by atoms with van der Waals surface area (Å²) in [5.41, 5.74) is 0.749. The summed E-state index contributed by atoms with van der Waals surface area (Å²) in [7, 11) is -3.35. The second kappa shape index (κ2) is 6.61. The summed E-state index contributed by atoms with van der Waals surface area (Å²) in [4.78, 5) is 30.0. The molecule has 23 heavy (non-hydrogen) atoms. The Kier molecular flexibility index (Phi) is 4.80. The molecule has 122 valence electrons. The summed E-state index contributed by atoms with van der Waals surface area (Å²) < 4.78 is 22.7. The van der Waals surface area contributed by atoms with Gasteiger partial charge < -0.3 is 15.4 Å². The molecule has 0 bridgehead atoms. The highest BCUT2D eigenvalue weighted by Gasteiger charge is 2.22. The monoisotopic (exact) mass is 337 g/mol. The maximum absolute atomic E-state index is 12.1. The molecule has 0 spiro atoms. The van der Waals surface area contributed by atoms with Gasteiger partial charge in [-0.1, -0.05) is 0 Å². The van der Waals surface area contributed by atoms with E-state index in [1.54, 1.807) is 0 Å². The fourth-order valence-electron chi connectivity index (χ4n) is 1.91. The molecule has 0 aliphatic carbocycles. The molecule has 0 radical (unpaired) electrons. The molecule has 1 aromatic carbocycles. The first-order chi connectivity index (χ1) is 10.8. The van der Waals surface area contributed by atoms with Gasteiger partial charge in [0.1, 0.15) is 6.04 Å². The lowest BCUT2D eigenvalue weighted by atomic mass is 10.1. The van der Waals surface area contributed by atoms with Gasteiger partial charge in [-0.3, -0.25) is 4.79 Å². The van der Waals surface area contributed by atoms with Crippen molar-refractivity contribution >= 4 is 21.7 Å². The lowest BCUT2D eigenvalue weighted by molar-refractivity contribution is -0.139. The van der Waals surface area contributed by atoms with Crippen LogP contribution < -0.4 is 5.32 Å². The number of carboxylic acids is 1. The molecule has 1 aromatic heterocycles. The van der Waals surface area contributed by atoms with E-state index < -0.39 is 27.8 Å². The number of nitrogens with zero attached hydrogens (tertiary/aromatic N) is 1. The number of benzene rings is 1. The second-order valence-corrected chi connectivity index (χ2v) is 6.96. The second-order valence-electron chi connectivity index (χ2n) is 4.94. The van der Waals surface area contributed by atoms with Crippen LogP contribution in [0.1, 0.15) is 16.1 Å². The summed E-state index contributed by atoms with van der Waals surface area (Å²) in [5.74, 6) is -1.78. The predicted molar refractivity (Wildman–Crippen MR) is 80.7 cm³/mol. The summed E-state index contributed by atoms with van der Waals surface area (Å²) in [5, 5.41) is 11.6. The van der Waals surface area contributed by atoms with E-state index in [-0.39, 0.29) is 16.9 Å². The summed E-state index contributed by atoms with van der Waals surface area (Å²) >= 11 is 0. The van der Waals surface area contributed by atoms with Gasteiger partial charge in [-0.15, -0.1) is 0 Å². The number of H-pyrrole nitrogens is 1. The number of aromatic amines is 1. The summed E-state index contributed by atoms with van der Waals surface area (Å²) in [6, 6.07) is 4.14. The fourth-order valence-corrected chi connectivity index (χ4v) is 2.54. The highest BCUT2D eigenvalue weighted by molar-refractivity contribution is 7.90. The maximum Gasteiger partial charge on any atom is 0.326 e. The normalized spacial score (nSPS) is 12.6. The van der Waals surface area contributed by atoms with Crippen molar-refractivity contribution in [3.05, 3.63) is 48.0 Å². The number of rotatable bonds is 6. The Morgan fingerprint density at radius 3 is 2.43 bits per heavy atom. The van der Waals surface area contributed by atoms with Crippen molar-refractivity contribution in [3.63, 3.8) is 0 Å². The van der Waals surface area contributed by atoms with Crippen LogP contribution in [-0.2, 0) is 21.1 Å². The number of aromatic nitrogens is 2. The van der Waals surface area contributed by atoms with Crippen molar-refractivity contribution in [3.8, 4) is 0 Å². The van der Waals surface area contributed by atoms with Gasteiger partial charge >= 0.3 is 5.97 Å². The van der Waals surface area contributed by atoms with E-state index in [9.17, 15) is 23.1 Å². The molecule has 3 N–H and O–H groups in total. The van der Waals surface area contributed by atoms with Crippen LogP contribution in [0.5, 0.6) is 0 Å². The van der Waals surface area contributed by atoms with E-state index in [2.05, 4.69) is 15.3 Å². The Morgan fingerprint density at radius 2 is 1.96 bits per heavy atom. The largest absolute Gasteiger partial charge is 0.480 e. The van der Waals surface area contributed by atoms with Crippen LogP contribution in [0.2, 0.25) is 0 Å². The van der Waals surface area contributed by atoms with E-state index in [0.717, 1.165) is 6.26 Å². The quantitative estimate of drug-likeness (QED) is 0.692. The zero-order chi connectivity index (χ0) is 17.0. The van der Waals surface area contributed by atoms with Crippen LogP contribution in [0.15, 0.2) is 41.7 Å². The van der Waals surface area contributed by atoms with Crippen LogP contribution in [0.4, 0.5) is 0 Å². The van der Waals surface area contributed by atoms with E-state index >= 15 is 0 Å². The Hall–Kier alpha value is -2.68. The molecule has 0 fully saturated rings. The number of carbonyl (C=O) groups excluding carboxylic acids is 1. The molecule has 0 aliphatic heterocycles. The lowest BCUT2D eigenvalue weighted by Gasteiger charge is -2.13. The molecular formula is C14H15N3O5S. The van der Waals surface area contributed by atoms with E-state index in [1.807, 2.05) is 0 Å². The molecule has 1 heterocycles. The minimum absolute atomic E-state index is 0.0580. The van der Waals surface area contributed by atoms with Gasteiger partial charge in [-0.25, -0.2) is 18.2 Å². The number of hydrogen-bond acceptors (Lipinski definition) is 5. The average molecular weight is 337 g/mol. The summed E-state index contributed by atoms with van der Waals surface area (Å²) in [6.45, 7) is 0. The van der Waals surface area contributed by atoms with Crippen LogP contribution >= 0.6 is 0 Å². The number of aliphatic carboxylic acids is 1. The first-order valence-electron chi connectivity index (χ1n) is 6.58. The third-order valence-corrected chi connectivity index (χ3v) is 4.26. The topological polar surface area (TPSA) is 129 Å². The molecule has 0 saturated heterocycles. The van der Waals surface area contributed by atoms with E-state index in [4.69, 9.17) is 0 Å². The molecule has 0 saturated carbocycles. The molecular weight excluding hydrogens is 322 g/mol. The van der Waals surface area contributed by atoms with Gasteiger partial charge in [0.05, 0.1) is 11.2 Å². The molecule has 1 unspecified atom stereocenters. The van der Waals surface area contributed by atoms with Crippen molar-refractivity contribution in [2.45, 2.75) is 17.4 Å². The van der Waals surface area contributed by atoms with Crippen molar-refractivity contribution in [1.82, 2.24) is 15.3 Å². The number of imidazole rings is 1. The molecule has 2 aromatic rings. The number of nitrogens with one attached hydrogen (secondary N) is 2. The smallest absolute Gasteiger partial charge is 0.326 e. The third kappa shape index (κ3) is 4.39. The van der Waals surface area contributed by atoms with E-state index in [1.165, 1.54) is 36.8 Å².